The van der Waals surface area contributed by atoms with E-state index in [1.807, 2.05) is 6.92 Å². The molecule has 0 aliphatic heterocycles. The maximum absolute atomic E-state index is 12.1. The fourth-order valence-corrected chi connectivity index (χ4v) is 4.60. The van der Waals surface area contributed by atoms with Crippen molar-refractivity contribution in [3.05, 3.63) is 27.8 Å². The molecule has 0 radical (unpaired) electrons. The summed E-state index contributed by atoms with van der Waals surface area (Å²) in [7, 11) is -1.76. The summed E-state index contributed by atoms with van der Waals surface area (Å²) in [5.41, 5.74) is 1.27. The van der Waals surface area contributed by atoms with Gasteiger partial charge in [-0.25, -0.2) is 8.42 Å². The predicted molar refractivity (Wildman–Crippen MR) is 75.4 cm³/mol. The second-order valence-electron chi connectivity index (χ2n) is 3.68. The first kappa shape index (κ1) is 13.6. The zero-order chi connectivity index (χ0) is 13.3. The van der Waals surface area contributed by atoms with Crippen molar-refractivity contribution >= 4 is 43.0 Å². The third-order valence-electron chi connectivity index (χ3n) is 2.30. The average Bonchev–Trinajstić information content (AvgIpc) is 2.84. The molecule has 2 aromatic heterocycles. The van der Waals surface area contributed by atoms with E-state index in [0.29, 0.717) is 12.1 Å². The first-order chi connectivity index (χ1) is 8.42. The number of nitrogens with zero attached hydrogens (tertiary/aromatic N) is 2. The lowest BCUT2D eigenvalue weighted by atomic mass is 10.3. The van der Waals surface area contributed by atoms with Gasteiger partial charge in [0.2, 0.25) is 0 Å². The molecule has 2 aromatic rings. The summed E-state index contributed by atoms with van der Waals surface area (Å²) in [4.78, 5) is 0. The SMILES string of the molecule is CCc1nn(C)cc1NS(=O)(=O)c1ccc(Br)s1. The molecule has 0 saturated heterocycles. The van der Waals surface area contributed by atoms with Gasteiger partial charge in [-0.3, -0.25) is 9.40 Å². The Bertz CT molecular complexity index is 660. The highest BCUT2D eigenvalue weighted by Gasteiger charge is 2.19. The van der Waals surface area contributed by atoms with Gasteiger partial charge in [0.05, 0.1) is 15.2 Å². The maximum Gasteiger partial charge on any atom is 0.271 e. The highest BCUT2D eigenvalue weighted by atomic mass is 79.9. The van der Waals surface area contributed by atoms with Crippen molar-refractivity contribution < 1.29 is 8.42 Å². The Morgan fingerprint density at radius 3 is 2.78 bits per heavy atom. The van der Waals surface area contributed by atoms with Gasteiger partial charge in [-0.05, 0) is 34.5 Å². The predicted octanol–water partition coefficient (Wildman–Crippen LogP) is 2.61. The molecular formula is C10H12BrN3O2S2. The molecule has 0 unspecified atom stereocenters. The summed E-state index contributed by atoms with van der Waals surface area (Å²) in [6, 6.07) is 3.28. The number of thiophene rings is 1. The molecule has 0 aromatic carbocycles. The van der Waals surface area contributed by atoms with Crippen molar-refractivity contribution in [2.75, 3.05) is 4.72 Å². The van der Waals surface area contributed by atoms with Crippen molar-refractivity contribution in [2.24, 2.45) is 7.05 Å². The molecule has 0 fully saturated rings. The molecule has 18 heavy (non-hydrogen) atoms. The standard InChI is InChI=1S/C10H12BrN3O2S2/c1-3-7-8(6-14(2)12-7)13-18(15,16)10-5-4-9(11)17-10/h4-6,13H,3H2,1-2H3. The molecule has 98 valence electrons. The van der Waals surface area contributed by atoms with E-state index in [1.54, 1.807) is 30.1 Å². The van der Waals surface area contributed by atoms with E-state index in [0.717, 1.165) is 9.48 Å². The van der Waals surface area contributed by atoms with Crippen LogP contribution in [0.5, 0.6) is 0 Å². The number of hydrogen-bond acceptors (Lipinski definition) is 4. The lowest BCUT2D eigenvalue weighted by molar-refractivity contribution is 0.603. The van der Waals surface area contributed by atoms with E-state index in [1.165, 1.54) is 11.3 Å². The lowest BCUT2D eigenvalue weighted by Crippen LogP contribution is -2.12. The van der Waals surface area contributed by atoms with Crippen LogP contribution in [0, 0.1) is 0 Å². The van der Waals surface area contributed by atoms with Gasteiger partial charge in [-0.2, -0.15) is 5.10 Å². The minimum Gasteiger partial charge on any atom is -0.275 e. The van der Waals surface area contributed by atoms with Crippen LogP contribution in [-0.2, 0) is 23.5 Å². The minimum atomic E-state index is -3.53. The van der Waals surface area contributed by atoms with Crippen LogP contribution in [0.4, 0.5) is 5.69 Å². The normalized spacial score (nSPS) is 11.7. The van der Waals surface area contributed by atoms with E-state index < -0.39 is 10.0 Å². The highest BCUT2D eigenvalue weighted by Crippen LogP contribution is 2.28. The molecule has 2 rings (SSSR count). The van der Waals surface area contributed by atoms with Crippen molar-refractivity contribution in [1.29, 1.82) is 0 Å². The van der Waals surface area contributed by atoms with Gasteiger partial charge in [0.25, 0.3) is 10.0 Å². The van der Waals surface area contributed by atoms with Crippen LogP contribution < -0.4 is 4.72 Å². The number of anilines is 1. The number of rotatable bonds is 4. The summed E-state index contributed by atoms with van der Waals surface area (Å²) >= 11 is 4.43. The van der Waals surface area contributed by atoms with Gasteiger partial charge in [0.1, 0.15) is 4.21 Å². The molecule has 8 heteroatoms. The molecule has 0 atom stereocenters. The molecule has 5 nitrogen and oxygen atoms in total. The third kappa shape index (κ3) is 2.76. The van der Waals surface area contributed by atoms with Gasteiger partial charge in [-0.1, -0.05) is 6.92 Å². The van der Waals surface area contributed by atoms with Gasteiger partial charge in [-0.15, -0.1) is 11.3 Å². The number of nitrogens with one attached hydrogen (secondary N) is 1. The molecule has 0 aliphatic rings. The fraction of sp³-hybridized carbons (Fsp3) is 0.300. The van der Waals surface area contributed by atoms with Gasteiger partial charge >= 0.3 is 0 Å². The monoisotopic (exact) mass is 349 g/mol. The molecule has 0 amide bonds. The van der Waals surface area contributed by atoms with Gasteiger partial charge < -0.3 is 0 Å². The quantitative estimate of drug-likeness (QED) is 0.922. The fourth-order valence-electron chi connectivity index (χ4n) is 1.52. The first-order valence-electron chi connectivity index (χ1n) is 5.23. The van der Waals surface area contributed by atoms with Crippen LogP contribution in [0.3, 0.4) is 0 Å². The maximum atomic E-state index is 12.1. The Hall–Kier alpha value is -0.860. The van der Waals surface area contributed by atoms with E-state index in [-0.39, 0.29) is 4.21 Å². The van der Waals surface area contributed by atoms with Crippen molar-refractivity contribution in [3.8, 4) is 0 Å². The third-order valence-corrected chi connectivity index (χ3v) is 5.78. The highest BCUT2D eigenvalue weighted by molar-refractivity contribution is 9.11. The van der Waals surface area contributed by atoms with E-state index in [9.17, 15) is 8.42 Å². The van der Waals surface area contributed by atoms with Crippen molar-refractivity contribution in [2.45, 2.75) is 17.6 Å². The Morgan fingerprint density at radius 2 is 2.22 bits per heavy atom. The summed E-state index contributed by atoms with van der Waals surface area (Å²) in [6.07, 6.45) is 2.34. The molecule has 0 saturated carbocycles. The lowest BCUT2D eigenvalue weighted by Gasteiger charge is -2.04. The molecule has 0 aliphatic carbocycles. The Kier molecular flexibility index (Phi) is 3.79. The smallest absolute Gasteiger partial charge is 0.271 e. The van der Waals surface area contributed by atoms with Crippen LogP contribution in [0.2, 0.25) is 0 Å². The molecule has 0 spiro atoms. The van der Waals surface area contributed by atoms with Gasteiger partial charge in [0, 0.05) is 13.2 Å². The van der Waals surface area contributed by atoms with E-state index in [2.05, 4.69) is 25.8 Å². The first-order valence-corrected chi connectivity index (χ1v) is 8.32. The second-order valence-corrected chi connectivity index (χ2v) is 8.05. The Labute approximate surface area is 118 Å². The number of halogens is 1. The Balaban J connectivity index is 2.33. The zero-order valence-corrected chi connectivity index (χ0v) is 13.1. The van der Waals surface area contributed by atoms with Crippen LogP contribution >= 0.6 is 27.3 Å². The number of aromatic nitrogens is 2. The molecule has 0 bridgehead atoms. The summed E-state index contributed by atoms with van der Waals surface area (Å²) in [5, 5.41) is 4.20. The molecular weight excluding hydrogens is 338 g/mol. The topological polar surface area (TPSA) is 64.0 Å². The van der Waals surface area contributed by atoms with Crippen LogP contribution in [0.15, 0.2) is 26.3 Å². The summed E-state index contributed by atoms with van der Waals surface area (Å²) in [5.74, 6) is 0. The van der Waals surface area contributed by atoms with Gasteiger partial charge in [0.15, 0.2) is 0 Å². The van der Waals surface area contributed by atoms with Crippen molar-refractivity contribution in [3.63, 3.8) is 0 Å². The largest absolute Gasteiger partial charge is 0.275 e. The molecule has 2 heterocycles. The van der Waals surface area contributed by atoms with E-state index >= 15 is 0 Å². The second kappa shape index (κ2) is 5.02. The van der Waals surface area contributed by atoms with Crippen LogP contribution in [0.1, 0.15) is 12.6 Å². The Morgan fingerprint density at radius 1 is 1.50 bits per heavy atom. The average molecular weight is 350 g/mol. The van der Waals surface area contributed by atoms with Crippen molar-refractivity contribution in [1.82, 2.24) is 9.78 Å². The molecule has 1 N–H and O–H groups in total. The number of sulfonamides is 1. The van der Waals surface area contributed by atoms with Crippen LogP contribution in [0.25, 0.3) is 0 Å². The number of hydrogen-bond donors (Lipinski definition) is 1. The van der Waals surface area contributed by atoms with E-state index in [4.69, 9.17) is 0 Å². The number of aryl methyl sites for hydroxylation is 2. The summed E-state index contributed by atoms with van der Waals surface area (Å²) < 4.78 is 29.5. The van der Waals surface area contributed by atoms with Crippen LogP contribution in [-0.4, -0.2) is 18.2 Å². The minimum absolute atomic E-state index is 0.278. The summed E-state index contributed by atoms with van der Waals surface area (Å²) in [6.45, 7) is 1.93. The zero-order valence-electron chi connectivity index (χ0n) is 9.84.